The van der Waals surface area contributed by atoms with Crippen molar-refractivity contribution in [3.63, 3.8) is 0 Å². The molecule has 5 N–H and O–H groups in total. The highest BCUT2D eigenvalue weighted by molar-refractivity contribution is 7.80. The van der Waals surface area contributed by atoms with Gasteiger partial charge in [-0.05, 0) is 23.3 Å². The first-order chi connectivity index (χ1) is 11.7. The molecule has 11 heteroatoms. The van der Waals surface area contributed by atoms with Crippen molar-refractivity contribution in [1.82, 2.24) is 15.9 Å². The lowest BCUT2D eigenvalue weighted by molar-refractivity contribution is 0.245. The Labute approximate surface area is 158 Å². The zero-order valence-corrected chi connectivity index (χ0v) is 16.1. The lowest BCUT2D eigenvalue weighted by atomic mass is 10.2. The Morgan fingerprint density at radius 3 is 2.62 bits per heavy atom. The first kappa shape index (κ1) is 21.5. The summed E-state index contributed by atoms with van der Waals surface area (Å²) >= 11 is 16.1. The Balaban J connectivity index is 2.45. The van der Waals surface area contributed by atoms with E-state index in [1.54, 1.807) is 6.21 Å². The third-order valence-corrected chi connectivity index (χ3v) is 4.28. The van der Waals surface area contributed by atoms with E-state index in [0.29, 0.717) is 31.5 Å². The van der Waals surface area contributed by atoms with E-state index in [2.05, 4.69) is 21.0 Å². The van der Waals surface area contributed by atoms with Crippen LogP contribution >= 0.6 is 43.9 Å². The lowest BCUT2D eigenvalue weighted by Gasteiger charge is -2.17. The number of rotatable bonds is 11. The molecule has 0 saturated carbocycles. The maximum Gasteiger partial charge on any atom is 0.256 e. The maximum atomic E-state index is 5.73. The van der Waals surface area contributed by atoms with Crippen LogP contribution in [0.3, 0.4) is 0 Å². The summed E-state index contributed by atoms with van der Waals surface area (Å²) in [4.78, 5) is 0. The monoisotopic (exact) mass is 411 g/mol. The van der Waals surface area contributed by atoms with Gasteiger partial charge in [0.15, 0.2) is 0 Å². The summed E-state index contributed by atoms with van der Waals surface area (Å²) < 4.78 is 11.2. The third kappa shape index (κ3) is 9.66. The van der Waals surface area contributed by atoms with Crippen molar-refractivity contribution in [2.45, 2.75) is 6.61 Å². The second-order valence-corrected chi connectivity index (χ2v) is 6.75. The maximum absolute atomic E-state index is 5.73. The molecule has 0 spiro atoms. The van der Waals surface area contributed by atoms with E-state index in [1.165, 1.54) is 0 Å². The summed E-state index contributed by atoms with van der Waals surface area (Å²) in [5, 5.41) is 7.29. The number of nitrogens with one attached hydrogen (secondary N) is 3. The van der Waals surface area contributed by atoms with E-state index in [-0.39, 0.29) is 5.11 Å². The molecule has 0 fully saturated rings. The second kappa shape index (κ2) is 13.7. The molecular formula is C13H20Cl2N5O2PS. The van der Waals surface area contributed by atoms with Gasteiger partial charge in [0.05, 0.1) is 19.4 Å². The Bertz CT molecular complexity index is 502. The molecule has 0 saturated heterocycles. The van der Waals surface area contributed by atoms with Crippen molar-refractivity contribution in [1.29, 1.82) is 0 Å². The fourth-order valence-electron chi connectivity index (χ4n) is 1.41. The number of benzene rings is 1. The Hall–Kier alpha value is -0.570. The highest BCUT2D eigenvalue weighted by atomic mass is 35.5. The predicted octanol–water partition coefficient (Wildman–Crippen LogP) is 2.19. The number of halogens is 2. The number of thiocarbonyl (C=S) groups is 1. The van der Waals surface area contributed by atoms with Gasteiger partial charge in [0.1, 0.15) is 0 Å². The first-order valence-electron chi connectivity index (χ1n) is 6.99. The van der Waals surface area contributed by atoms with Crippen LogP contribution in [0.25, 0.3) is 0 Å². The van der Waals surface area contributed by atoms with E-state index in [4.69, 9.17) is 50.3 Å². The molecule has 1 atom stereocenters. The van der Waals surface area contributed by atoms with Gasteiger partial charge in [-0.15, -0.1) is 23.2 Å². The van der Waals surface area contributed by atoms with Crippen LogP contribution in [-0.2, 0) is 15.7 Å². The van der Waals surface area contributed by atoms with Gasteiger partial charge in [0.25, 0.3) is 8.53 Å². The Morgan fingerprint density at radius 1 is 1.25 bits per heavy atom. The molecule has 1 unspecified atom stereocenters. The summed E-state index contributed by atoms with van der Waals surface area (Å²) in [6.45, 7) is 1.45. The van der Waals surface area contributed by atoms with Crippen LogP contribution in [-0.4, -0.2) is 36.2 Å². The minimum atomic E-state index is -1.21. The van der Waals surface area contributed by atoms with Gasteiger partial charge in [0.2, 0.25) is 5.11 Å². The largest absolute Gasteiger partial charge is 0.321 e. The van der Waals surface area contributed by atoms with Crippen molar-refractivity contribution in [3.8, 4) is 0 Å². The Morgan fingerprint density at radius 2 is 2.00 bits per heavy atom. The summed E-state index contributed by atoms with van der Waals surface area (Å²) in [5.74, 6) is 6.02. The molecule has 24 heavy (non-hydrogen) atoms. The van der Waals surface area contributed by atoms with E-state index >= 15 is 0 Å². The summed E-state index contributed by atoms with van der Waals surface area (Å²) in [6.07, 6.45) is 1.63. The van der Waals surface area contributed by atoms with Gasteiger partial charge < -0.3 is 9.05 Å². The van der Waals surface area contributed by atoms with E-state index in [1.807, 2.05) is 24.3 Å². The summed E-state index contributed by atoms with van der Waals surface area (Å²) in [7, 11) is -1.21. The SMILES string of the molecule is NNC(=S)N/N=C/c1ccc(COP(NCCCl)OCCCl)cc1. The molecule has 0 bridgehead atoms. The molecule has 0 heterocycles. The molecule has 1 rings (SSSR count). The van der Waals surface area contributed by atoms with Crippen LogP contribution in [0.2, 0.25) is 0 Å². The number of hydrazone groups is 1. The van der Waals surface area contributed by atoms with Crippen LogP contribution in [0, 0.1) is 0 Å². The van der Waals surface area contributed by atoms with Crippen molar-refractivity contribution in [2.75, 3.05) is 24.9 Å². The van der Waals surface area contributed by atoms with Crippen LogP contribution in [0.4, 0.5) is 0 Å². The van der Waals surface area contributed by atoms with Gasteiger partial charge in [-0.2, -0.15) is 5.10 Å². The van der Waals surface area contributed by atoms with Crippen LogP contribution in [0.1, 0.15) is 11.1 Å². The zero-order valence-electron chi connectivity index (χ0n) is 12.9. The highest BCUT2D eigenvalue weighted by Gasteiger charge is 2.10. The molecule has 1 aromatic carbocycles. The average molecular weight is 412 g/mol. The Kier molecular flexibility index (Phi) is 12.2. The fourth-order valence-corrected chi connectivity index (χ4v) is 2.95. The molecule has 0 aliphatic heterocycles. The number of alkyl halides is 2. The van der Waals surface area contributed by atoms with Crippen molar-refractivity contribution in [2.24, 2.45) is 10.9 Å². The quantitative estimate of drug-likeness (QED) is 0.111. The third-order valence-electron chi connectivity index (χ3n) is 2.46. The molecule has 0 radical (unpaired) electrons. The lowest BCUT2D eigenvalue weighted by Crippen LogP contribution is -2.37. The van der Waals surface area contributed by atoms with E-state index < -0.39 is 8.53 Å². The average Bonchev–Trinajstić information content (AvgIpc) is 2.62. The van der Waals surface area contributed by atoms with Gasteiger partial charge in [-0.1, -0.05) is 24.3 Å². The highest BCUT2D eigenvalue weighted by Crippen LogP contribution is 2.34. The van der Waals surface area contributed by atoms with Crippen molar-refractivity contribution in [3.05, 3.63) is 35.4 Å². The number of nitrogens with zero attached hydrogens (tertiary/aromatic N) is 1. The van der Waals surface area contributed by atoms with Crippen molar-refractivity contribution >= 4 is 55.3 Å². The molecule has 134 valence electrons. The number of hydrogen-bond acceptors (Lipinski definition) is 6. The van der Waals surface area contributed by atoms with Crippen LogP contribution < -0.4 is 21.8 Å². The zero-order chi connectivity index (χ0) is 17.6. The molecule has 0 aromatic heterocycles. The standard InChI is InChI=1S/C13H20Cl2N5O2PS/c14-5-7-18-23(21-8-6-15)22-10-12-3-1-11(2-4-12)9-17-20-13(24)19-16/h1-4,9,18H,5-8,10,16H2,(H2,19,20,24)/b17-9+. The van der Waals surface area contributed by atoms with Gasteiger partial charge in [0, 0.05) is 18.3 Å². The first-order valence-corrected chi connectivity index (χ1v) is 9.65. The van der Waals surface area contributed by atoms with Crippen LogP contribution in [0.15, 0.2) is 29.4 Å². The van der Waals surface area contributed by atoms with E-state index in [0.717, 1.165) is 11.1 Å². The number of nitrogens with two attached hydrogens (primary N) is 1. The molecule has 0 amide bonds. The van der Waals surface area contributed by atoms with Gasteiger partial charge in [-0.25, -0.2) is 10.9 Å². The van der Waals surface area contributed by atoms with Crippen molar-refractivity contribution < 1.29 is 9.05 Å². The number of hydrogen-bond donors (Lipinski definition) is 4. The van der Waals surface area contributed by atoms with E-state index in [9.17, 15) is 0 Å². The van der Waals surface area contributed by atoms with Crippen LogP contribution in [0.5, 0.6) is 0 Å². The van der Waals surface area contributed by atoms with Gasteiger partial charge in [-0.3, -0.25) is 10.9 Å². The summed E-state index contributed by atoms with van der Waals surface area (Å²) in [6, 6.07) is 7.71. The predicted molar refractivity (Wildman–Crippen MR) is 104 cm³/mol. The summed E-state index contributed by atoms with van der Waals surface area (Å²) in [5.41, 5.74) is 6.76. The van der Waals surface area contributed by atoms with Gasteiger partial charge >= 0.3 is 0 Å². The topological polar surface area (TPSA) is 92.9 Å². The number of hydrazine groups is 1. The normalized spacial score (nSPS) is 12.3. The second-order valence-electron chi connectivity index (χ2n) is 4.23. The smallest absolute Gasteiger partial charge is 0.256 e. The molecule has 1 aromatic rings. The molecular weight excluding hydrogens is 392 g/mol. The molecule has 0 aliphatic rings. The molecule has 7 nitrogen and oxygen atoms in total. The minimum Gasteiger partial charge on any atom is -0.321 e. The minimum absolute atomic E-state index is 0.242. The molecule has 0 aliphatic carbocycles. The fraction of sp³-hybridized carbons (Fsp3) is 0.385.